The van der Waals surface area contributed by atoms with Crippen molar-refractivity contribution in [1.29, 1.82) is 0 Å². The minimum atomic E-state index is -0.0160. The van der Waals surface area contributed by atoms with Gasteiger partial charge in [0.2, 0.25) is 0 Å². The zero-order valence-corrected chi connectivity index (χ0v) is 14.5. The Morgan fingerprint density at radius 1 is 1.43 bits per heavy atom. The number of guanidine groups is 1. The molecule has 122 valence electrons. The van der Waals surface area contributed by atoms with E-state index in [1.165, 1.54) is 18.6 Å². The second-order valence-corrected chi connectivity index (χ2v) is 7.81. The average molecular weight is 314 g/mol. The summed E-state index contributed by atoms with van der Waals surface area (Å²) in [5.74, 6) is 2.24. The van der Waals surface area contributed by atoms with Crippen LogP contribution in [0.4, 0.5) is 0 Å². The average Bonchev–Trinajstić information content (AvgIpc) is 2.95. The Balaban J connectivity index is 1.61. The van der Waals surface area contributed by atoms with Crippen LogP contribution >= 0.6 is 11.8 Å². The van der Waals surface area contributed by atoms with Gasteiger partial charge in [-0.05, 0) is 32.4 Å². The van der Waals surface area contributed by atoms with Crippen molar-refractivity contribution in [2.24, 2.45) is 4.99 Å². The van der Waals surface area contributed by atoms with E-state index in [0.29, 0.717) is 0 Å². The monoisotopic (exact) mass is 314 g/mol. The van der Waals surface area contributed by atoms with E-state index in [1.807, 2.05) is 7.05 Å². The molecule has 2 fully saturated rings. The predicted molar refractivity (Wildman–Crippen MR) is 91.3 cm³/mol. The van der Waals surface area contributed by atoms with Crippen molar-refractivity contribution >= 4 is 17.7 Å². The van der Waals surface area contributed by atoms with Crippen LogP contribution in [-0.4, -0.2) is 73.8 Å². The van der Waals surface area contributed by atoms with Gasteiger partial charge in [0.25, 0.3) is 0 Å². The largest absolute Gasteiger partial charge is 0.373 e. The van der Waals surface area contributed by atoms with E-state index in [9.17, 15) is 0 Å². The number of nitrogens with zero attached hydrogens (tertiary/aromatic N) is 2. The van der Waals surface area contributed by atoms with Gasteiger partial charge in [-0.15, -0.1) is 0 Å². The topological polar surface area (TPSA) is 48.9 Å². The first-order chi connectivity index (χ1) is 10.1. The Morgan fingerprint density at radius 2 is 2.29 bits per heavy atom. The smallest absolute Gasteiger partial charge is 0.191 e. The predicted octanol–water partition coefficient (Wildman–Crippen LogP) is 1.16. The van der Waals surface area contributed by atoms with Crippen molar-refractivity contribution in [3.8, 4) is 0 Å². The van der Waals surface area contributed by atoms with Gasteiger partial charge in [-0.3, -0.25) is 9.89 Å². The highest BCUT2D eigenvalue weighted by molar-refractivity contribution is 8.00. The minimum Gasteiger partial charge on any atom is -0.373 e. The first-order valence-electron chi connectivity index (χ1n) is 8.01. The van der Waals surface area contributed by atoms with Gasteiger partial charge in [0.05, 0.1) is 12.2 Å². The Bertz CT molecular complexity index is 343. The minimum absolute atomic E-state index is 0.0160. The number of aliphatic imine (C=N–C) groups is 1. The lowest BCUT2D eigenvalue weighted by Crippen LogP contribution is -2.51. The lowest BCUT2D eigenvalue weighted by molar-refractivity contribution is -0.0852. The summed E-state index contributed by atoms with van der Waals surface area (Å²) >= 11 is 2.07. The van der Waals surface area contributed by atoms with Crippen molar-refractivity contribution in [2.45, 2.75) is 37.5 Å². The Labute approximate surface area is 133 Å². The summed E-state index contributed by atoms with van der Waals surface area (Å²) in [5.41, 5.74) is -0.0160. The summed E-state index contributed by atoms with van der Waals surface area (Å²) in [6.07, 6.45) is 2.69. The summed E-state index contributed by atoms with van der Waals surface area (Å²) < 4.78 is 5.74. The molecule has 1 atom stereocenters. The molecule has 2 saturated heterocycles. The quantitative estimate of drug-likeness (QED) is 0.589. The van der Waals surface area contributed by atoms with Crippen LogP contribution in [0.25, 0.3) is 0 Å². The summed E-state index contributed by atoms with van der Waals surface area (Å²) in [5, 5.41) is 7.61. The molecule has 2 rings (SSSR count). The van der Waals surface area contributed by atoms with E-state index in [4.69, 9.17) is 4.74 Å². The summed E-state index contributed by atoms with van der Waals surface area (Å²) in [7, 11) is 1.84. The molecule has 0 aromatic carbocycles. The molecule has 2 N–H and O–H groups in total. The van der Waals surface area contributed by atoms with E-state index in [0.717, 1.165) is 50.5 Å². The van der Waals surface area contributed by atoms with Crippen LogP contribution in [-0.2, 0) is 4.74 Å². The summed E-state index contributed by atoms with van der Waals surface area (Å²) in [6.45, 7) is 10.2. The van der Waals surface area contributed by atoms with Crippen molar-refractivity contribution in [3.63, 3.8) is 0 Å². The molecule has 21 heavy (non-hydrogen) atoms. The maximum absolute atomic E-state index is 5.74. The molecule has 2 heterocycles. The molecule has 0 aliphatic carbocycles. The molecule has 2 aliphatic rings. The molecule has 6 heteroatoms. The van der Waals surface area contributed by atoms with Gasteiger partial charge >= 0.3 is 0 Å². The van der Waals surface area contributed by atoms with Crippen LogP contribution in [0, 0.1) is 0 Å². The number of thioether (sulfide) groups is 1. The van der Waals surface area contributed by atoms with Crippen LogP contribution in [0.1, 0.15) is 26.7 Å². The van der Waals surface area contributed by atoms with Crippen molar-refractivity contribution in [2.75, 3.05) is 52.1 Å². The van der Waals surface area contributed by atoms with Crippen LogP contribution in [0.3, 0.4) is 0 Å². The van der Waals surface area contributed by atoms with Crippen LogP contribution in [0.15, 0.2) is 4.99 Å². The third kappa shape index (κ3) is 6.04. The van der Waals surface area contributed by atoms with E-state index in [2.05, 4.69) is 46.1 Å². The van der Waals surface area contributed by atoms with E-state index in [1.54, 1.807) is 0 Å². The Kier molecular flexibility index (Phi) is 6.64. The standard InChI is InChI=1S/C15H30N4OS/c1-15(2)12-19(8-9-20-15)7-6-17-14(16-3)18-11-13-5-4-10-21-13/h13H,4-12H2,1-3H3,(H2,16,17,18). The van der Waals surface area contributed by atoms with Crippen LogP contribution in [0.2, 0.25) is 0 Å². The molecule has 0 radical (unpaired) electrons. The van der Waals surface area contributed by atoms with Crippen molar-refractivity contribution in [1.82, 2.24) is 15.5 Å². The number of morpholine rings is 1. The van der Waals surface area contributed by atoms with Gasteiger partial charge in [0.1, 0.15) is 0 Å². The highest BCUT2D eigenvalue weighted by Crippen LogP contribution is 2.25. The van der Waals surface area contributed by atoms with E-state index in [-0.39, 0.29) is 5.60 Å². The molecular weight excluding hydrogens is 284 g/mol. The second kappa shape index (κ2) is 8.25. The lowest BCUT2D eigenvalue weighted by atomic mass is 10.1. The maximum Gasteiger partial charge on any atom is 0.191 e. The molecular formula is C15H30N4OS. The van der Waals surface area contributed by atoms with Gasteiger partial charge in [0, 0.05) is 45.0 Å². The van der Waals surface area contributed by atoms with Gasteiger partial charge in [0.15, 0.2) is 5.96 Å². The molecule has 5 nitrogen and oxygen atoms in total. The number of hydrogen-bond acceptors (Lipinski definition) is 4. The molecule has 0 aromatic heterocycles. The number of nitrogens with one attached hydrogen (secondary N) is 2. The molecule has 0 aromatic rings. The van der Waals surface area contributed by atoms with Gasteiger partial charge in [-0.2, -0.15) is 11.8 Å². The molecule has 0 amide bonds. The number of ether oxygens (including phenoxy) is 1. The third-order valence-corrected chi connectivity index (χ3v) is 5.37. The van der Waals surface area contributed by atoms with E-state index < -0.39 is 0 Å². The van der Waals surface area contributed by atoms with Crippen molar-refractivity contribution < 1.29 is 4.74 Å². The first kappa shape index (κ1) is 16.9. The zero-order valence-electron chi connectivity index (χ0n) is 13.7. The Hall–Kier alpha value is -0.460. The van der Waals surface area contributed by atoms with Crippen molar-refractivity contribution in [3.05, 3.63) is 0 Å². The fourth-order valence-corrected chi connectivity index (χ4v) is 4.08. The third-order valence-electron chi connectivity index (χ3n) is 3.97. The molecule has 0 spiro atoms. The van der Waals surface area contributed by atoms with Crippen LogP contribution in [0.5, 0.6) is 0 Å². The Morgan fingerprint density at radius 3 is 2.95 bits per heavy atom. The fraction of sp³-hybridized carbons (Fsp3) is 0.933. The maximum atomic E-state index is 5.74. The molecule has 1 unspecified atom stereocenters. The summed E-state index contributed by atoms with van der Waals surface area (Å²) in [6, 6.07) is 0. The SMILES string of the molecule is CN=C(NCCN1CCOC(C)(C)C1)NCC1CCCS1. The van der Waals surface area contributed by atoms with Crippen LogP contribution < -0.4 is 10.6 Å². The normalized spacial score (nSPS) is 26.8. The highest BCUT2D eigenvalue weighted by atomic mass is 32.2. The second-order valence-electron chi connectivity index (χ2n) is 6.40. The fourth-order valence-electron chi connectivity index (χ4n) is 2.87. The number of hydrogen-bond donors (Lipinski definition) is 2. The first-order valence-corrected chi connectivity index (χ1v) is 9.06. The molecule has 2 aliphatic heterocycles. The van der Waals surface area contributed by atoms with Gasteiger partial charge in [-0.25, -0.2) is 0 Å². The van der Waals surface area contributed by atoms with Gasteiger partial charge < -0.3 is 15.4 Å². The molecule has 0 bridgehead atoms. The highest BCUT2D eigenvalue weighted by Gasteiger charge is 2.26. The number of rotatable bonds is 5. The summed E-state index contributed by atoms with van der Waals surface area (Å²) in [4.78, 5) is 6.76. The zero-order chi connectivity index (χ0) is 15.1. The lowest BCUT2D eigenvalue weighted by Gasteiger charge is -2.38. The molecule has 0 saturated carbocycles. The van der Waals surface area contributed by atoms with E-state index >= 15 is 0 Å². The van der Waals surface area contributed by atoms with Gasteiger partial charge in [-0.1, -0.05) is 0 Å².